The highest BCUT2D eigenvalue weighted by molar-refractivity contribution is 5.90. The van der Waals surface area contributed by atoms with Crippen molar-refractivity contribution >= 4 is 11.8 Å². The monoisotopic (exact) mass is 306 g/mol. The summed E-state index contributed by atoms with van der Waals surface area (Å²) in [6.45, 7) is 0.245. The molecule has 0 aromatic heterocycles. The Morgan fingerprint density at radius 3 is 2.73 bits per heavy atom. The fourth-order valence-corrected chi connectivity index (χ4v) is 3.05. The zero-order chi connectivity index (χ0) is 16.0. The Hall–Kier alpha value is -2.08. The number of hydrogen-bond acceptors (Lipinski definition) is 5. The van der Waals surface area contributed by atoms with E-state index in [0.29, 0.717) is 12.8 Å². The van der Waals surface area contributed by atoms with Gasteiger partial charge in [0.25, 0.3) is 0 Å². The van der Waals surface area contributed by atoms with E-state index in [9.17, 15) is 9.90 Å². The second-order valence-corrected chi connectivity index (χ2v) is 5.88. The molecule has 1 aromatic rings. The summed E-state index contributed by atoms with van der Waals surface area (Å²) in [5.74, 6) is -0.267. The van der Waals surface area contributed by atoms with Gasteiger partial charge in [0.1, 0.15) is 12.4 Å². The van der Waals surface area contributed by atoms with Crippen molar-refractivity contribution in [3.63, 3.8) is 0 Å². The normalized spacial score (nSPS) is 25.1. The molecule has 2 rings (SSSR count). The molecule has 0 heterocycles. The number of esters is 1. The first-order chi connectivity index (χ1) is 10.6. The lowest BCUT2D eigenvalue weighted by Crippen LogP contribution is -2.38. The molecule has 1 fully saturated rings. The molecule has 2 unspecified atom stereocenters. The minimum Gasteiger partial charge on any atom is -0.461 e. The molecule has 0 saturated heterocycles. The van der Waals surface area contributed by atoms with Gasteiger partial charge in [-0.25, -0.2) is 0 Å². The van der Waals surface area contributed by atoms with Crippen LogP contribution in [-0.4, -0.2) is 28.7 Å². The van der Waals surface area contributed by atoms with Gasteiger partial charge in [0.2, 0.25) is 0 Å². The van der Waals surface area contributed by atoms with Gasteiger partial charge in [0.05, 0.1) is 6.42 Å². The van der Waals surface area contributed by atoms with Gasteiger partial charge in [-0.05, 0) is 30.7 Å². The maximum atomic E-state index is 12.1. The number of hydrogen-bond donors (Lipinski definition) is 3. The Bertz CT molecular complexity index is 532. The average Bonchev–Trinajstić information content (AvgIpc) is 2.97. The van der Waals surface area contributed by atoms with Gasteiger partial charge in [0.15, 0.2) is 0 Å². The van der Waals surface area contributed by atoms with E-state index < -0.39 is 5.41 Å². The second kappa shape index (κ2) is 7.26. The third-order valence-electron chi connectivity index (χ3n) is 4.35. The third-order valence-corrected chi connectivity index (χ3v) is 4.35. The molecule has 1 aromatic carbocycles. The van der Waals surface area contributed by atoms with Crippen molar-refractivity contribution in [3.8, 4) is 0 Å². The number of nitrogens with zero attached hydrogens (tertiary/aromatic N) is 1. The van der Waals surface area contributed by atoms with Gasteiger partial charge >= 0.3 is 5.97 Å². The number of carbonyl (C=O) groups is 1. The van der Waals surface area contributed by atoms with Crippen molar-refractivity contribution in [3.05, 3.63) is 35.9 Å². The van der Waals surface area contributed by atoms with Crippen LogP contribution >= 0.6 is 0 Å². The fourth-order valence-electron chi connectivity index (χ4n) is 3.05. The summed E-state index contributed by atoms with van der Waals surface area (Å²) in [5, 5.41) is 21.4. The quantitative estimate of drug-likeness (QED) is 0.244. The summed E-state index contributed by atoms with van der Waals surface area (Å²) in [5.41, 5.74) is 5.99. The molecule has 0 aliphatic heterocycles. The van der Waals surface area contributed by atoms with Crippen LogP contribution in [0.4, 0.5) is 0 Å². The second-order valence-electron chi connectivity index (χ2n) is 5.88. The third kappa shape index (κ3) is 3.76. The van der Waals surface area contributed by atoms with Crippen LogP contribution < -0.4 is 5.73 Å². The largest absolute Gasteiger partial charge is 0.461 e. The predicted octanol–water partition coefficient (Wildman–Crippen LogP) is 1.65. The maximum absolute atomic E-state index is 12.1. The summed E-state index contributed by atoms with van der Waals surface area (Å²) in [4.78, 5) is 12.1. The maximum Gasteiger partial charge on any atom is 0.307 e. The molecule has 0 bridgehead atoms. The van der Waals surface area contributed by atoms with Gasteiger partial charge in [0, 0.05) is 12.0 Å². The topological polar surface area (TPSA) is 105 Å². The summed E-state index contributed by atoms with van der Waals surface area (Å²) < 4.78 is 5.28. The molecule has 22 heavy (non-hydrogen) atoms. The highest BCUT2D eigenvalue weighted by Gasteiger charge is 2.44. The first-order valence-corrected chi connectivity index (χ1v) is 7.38. The van der Waals surface area contributed by atoms with Crippen molar-refractivity contribution in [1.82, 2.24) is 0 Å². The molecule has 120 valence electrons. The van der Waals surface area contributed by atoms with Crippen molar-refractivity contribution in [2.24, 2.45) is 22.2 Å². The molecular formula is C16H22N2O4. The Morgan fingerprint density at radius 1 is 1.41 bits per heavy atom. The Morgan fingerprint density at radius 2 is 2.14 bits per heavy atom. The lowest BCUT2D eigenvalue weighted by Gasteiger charge is -2.26. The SMILES string of the molecule is NC(=NO)C1(CC(=O)OCc2ccccc2)CCC(CO)C1. The van der Waals surface area contributed by atoms with Crippen LogP contribution in [0.3, 0.4) is 0 Å². The smallest absolute Gasteiger partial charge is 0.307 e. The molecule has 6 nitrogen and oxygen atoms in total. The van der Waals surface area contributed by atoms with Crippen molar-refractivity contribution < 1.29 is 19.8 Å². The fraction of sp³-hybridized carbons (Fsp3) is 0.500. The van der Waals surface area contributed by atoms with E-state index in [-0.39, 0.29) is 37.4 Å². The van der Waals surface area contributed by atoms with Crippen LogP contribution in [0, 0.1) is 11.3 Å². The van der Waals surface area contributed by atoms with Crippen LogP contribution in [0.1, 0.15) is 31.2 Å². The number of carbonyl (C=O) groups excluding carboxylic acids is 1. The molecule has 0 radical (unpaired) electrons. The molecule has 2 atom stereocenters. The number of rotatable bonds is 6. The lowest BCUT2D eigenvalue weighted by molar-refractivity contribution is -0.146. The van der Waals surface area contributed by atoms with E-state index in [2.05, 4.69) is 5.16 Å². The van der Waals surface area contributed by atoms with Gasteiger partial charge < -0.3 is 20.8 Å². The van der Waals surface area contributed by atoms with Gasteiger partial charge in [-0.15, -0.1) is 0 Å². The van der Waals surface area contributed by atoms with Gasteiger partial charge in [-0.2, -0.15) is 0 Å². The molecule has 0 spiro atoms. The zero-order valence-electron chi connectivity index (χ0n) is 12.4. The van der Waals surface area contributed by atoms with Crippen molar-refractivity contribution in [2.75, 3.05) is 6.61 Å². The number of benzene rings is 1. The average molecular weight is 306 g/mol. The molecular weight excluding hydrogens is 284 g/mol. The van der Waals surface area contributed by atoms with Crippen molar-refractivity contribution in [2.45, 2.75) is 32.3 Å². The van der Waals surface area contributed by atoms with E-state index >= 15 is 0 Å². The van der Waals surface area contributed by atoms with E-state index in [1.165, 1.54) is 0 Å². The number of aliphatic hydroxyl groups is 1. The highest BCUT2D eigenvalue weighted by Crippen LogP contribution is 2.44. The number of ether oxygens (including phenoxy) is 1. The molecule has 1 saturated carbocycles. The summed E-state index contributed by atoms with van der Waals surface area (Å²) in [6, 6.07) is 9.41. The summed E-state index contributed by atoms with van der Waals surface area (Å²) >= 11 is 0. The first-order valence-electron chi connectivity index (χ1n) is 7.38. The van der Waals surface area contributed by atoms with Crippen molar-refractivity contribution in [1.29, 1.82) is 0 Å². The number of oxime groups is 1. The van der Waals surface area contributed by atoms with Gasteiger partial charge in [-0.3, -0.25) is 4.79 Å². The first kappa shape index (κ1) is 16.3. The molecule has 1 aliphatic rings. The van der Waals surface area contributed by atoms with Gasteiger partial charge in [-0.1, -0.05) is 35.5 Å². The number of nitrogens with two attached hydrogens (primary N) is 1. The molecule has 4 N–H and O–H groups in total. The summed E-state index contributed by atoms with van der Waals surface area (Å²) in [6.07, 6.45) is 1.94. The number of amidine groups is 1. The van der Waals surface area contributed by atoms with E-state index in [1.807, 2.05) is 30.3 Å². The van der Waals surface area contributed by atoms with E-state index in [1.54, 1.807) is 0 Å². The number of aliphatic hydroxyl groups excluding tert-OH is 1. The molecule has 1 aliphatic carbocycles. The molecule has 0 amide bonds. The van der Waals surface area contributed by atoms with Crippen LogP contribution in [0.25, 0.3) is 0 Å². The Kier molecular flexibility index (Phi) is 5.38. The van der Waals surface area contributed by atoms with Crippen LogP contribution in [0.2, 0.25) is 0 Å². The minimum absolute atomic E-state index is 0.0412. The lowest BCUT2D eigenvalue weighted by atomic mass is 9.80. The van der Waals surface area contributed by atoms with Crippen LogP contribution in [-0.2, 0) is 16.1 Å². The van der Waals surface area contributed by atoms with Crippen LogP contribution in [0.15, 0.2) is 35.5 Å². The summed E-state index contributed by atoms with van der Waals surface area (Å²) in [7, 11) is 0. The minimum atomic E-state index is -0.712. The Labute approximate surface area is 129 Å². The highest BCUT2D eigenvalue weighted by atomic mass is 16.5. The standard InChI is InChI=1S/C16H22N2O4/c17-15(18-21)16(7-6-13(8-16)10-19)9-14(20)22-11-12-4-2-1-3-5-12/h1-5,13,19,21H,6-11H2,(H2,17,18). The zero-order valence-corrected chi connectivity index (χ0v) is 12.4. The molecule has 6 heteroatoms. The van der Waals surface area contributed by atoms with E-state index in [4.69, 9.17) is 15.7 Å². The van der Waals surface area contributed by atoms with Crippen LogP contribution in [0.5, 0.6) is 0 Å². The van der Waals surface area contributed by atoms with E-state index in [0.717, 1.165) is 12.0 Å². The Balaban J connectivity index is 1.97. The predicted molar refractivity (Wildman–Crippen MR) is 81.1 cm³/mol.